The van der Waals surface area contributed by atoms with Crippen molar-refractivity contribution in [3.05, 3.63) is 28.8 Å². The normalized spacial score (nSPS) is 10.7. The summed E-state index contributed by atoms with van der Waals surface area (Å²) in [6, 6.07) is 4.19. The fraction of sp³-hybridized carbons (Fsp3) is 0.364. The summed E-state index contributed by atoms with van der Waals surface area (Å²) in [6.07, 6.45) is 2.08. The molecule has 0 saturated heterocycles. The van der Waals surface area contributed by atoms with Gasteiger partial charge in [0.1, 0.15) is 5.69 Å². The molecule has 0 atom stereocenters. The van der Waals surface area contributed by atoms with Gasteiger partial charge in [-0.15, -0.1) is 11.3 Å². The van der Waals surface area contributed by atoms with Crippen molar-refractivity contribution < 1.29 is 0 Å². The van der Waals surface area contributed by atoms with E-state index in [0.29, 0.717) is 0 Å². The van der Waals surface area contributed by atoms with Crippen LogP contribution in [0.1, 0.15) is 25.1 Å². The molecule has 2 heterocycles. The Balaban J connectivity index is 2.48. The molecule has 14 heavy (non-hydrogen) atoms. The van der Waals surface area contributed by atoms with Crippen LogP contribution in [0.5, 0.6) is 0 Å². The van der Waals surface area contributed by atoms with Gasteiger partial charge in [-0.2, -0.15) is 5.10 Å². The van der Waals surface area contributed by atoms with Crippen molar-refractivity contribution in [3.63, 3.8) is 0 Å². The predicted molar refractivity (Wildman–Crippen MR) is 60.7 cm³/mol. The number of nitrogens with one attached hydrogen (secondary N) is 1. The fourth-order valence-corrected chi connectivity index (χ4v) is 2.43. The minimum atomic E-state index is 1.03. The van der Waals surface area contributed by atoms with E-state index in [1.54, 1.807) is 11.3 Å². The molecule has 2 aromatic heterocycles. The van der Waals surface area contributed by atoms with E-state index in [1.165, 1.54) is 16.1 Å². The summed E-state index contributed by atoms with van der Waals surface area (Å²) < 4.78 is 0. The number of aromatic amines is 1. The number of nitrogens with zero attached hydrogens (tertiary/aromatic N) is 1. The molecule has 0 aliphatic rings. The van der Waals surface area contributed by atoms with Gasteiger partial charge in [0.15, 0.2) is 0 Å². The van der Waals surface area contributed by atoms with Crippen LogP contribution in [-0.4, -0.2) is 10.2 Å². The average Bonchev–Trinajstić information content (AvgIpc) is 2.85. The van der Waals surface area contributed by atoms with Gasteiger partial charge in [0.25, 0.3) is 0 Å². The standard InChI is InChI=1S/C11H14N2S/c1-3-8-9(4-2)12-13-11(8)10-6-5-7-14-10/h5-7H,3-4H2,1-2H3,(H,12,13). The lowest BCUT2D eigenvalue weighted by atomic mass is 10.1. The van der Waals surface area contributed by atoms with Gasteiger partial charge in [-0.05, 0) is 24.3 Å². The van der Waals surface area contributed by atoms with Gasteiger partial charge in [-0.3, -0.25) is 5.10 Å². The Morgan fingerprint density at radius 2 is 2.21 bits per heavy atom. The zero-order chi connectivity index (χ0) is 9.97. The third-order valence-electron chi connectivity index (χ3n) is 2.41. The van der Waals surface area contributed by atoms with E-state index < -0.39 is 0 Å². The van der Waals surface area contributed by atoms with Gasteiger partial charge in [0.05, 0.1) is 4.88 Å². The first kappa shape index (κ1) is 9.46. The first-order valence-electron chi connectivity index (χ1n) is 4.96. The maximum Gasteiger partial charge on any atom is 0.105 e. The summed E-state index contributed by atoms with van der Waals surface area (Å²) in [7, 11) is 0. The summed E-state index contributed by atoms with van der Waals surface area (Å²) in [5.74, 6) is 0. The van der Waals surface area contributed by atoms with Crippen molar-refractivity contribution >= 4 is 11.3 Å². The Hall–Kier alpha value is -1.09. The monoisotopic (exact) mass is 206 g/mol. The molecule has 0 saturated carbocycles. The van der Waals surface area contributed by atoms with E-state index in [0.717, 1.165) is 18.5 Å². The van der Waals surface area contributed by atoms with Crippen molar-refractivity contribution in [2.45, 2.75) is 26.7 Å². The maximum absolute atomic E-state index is 4.39. The quantitative estimate of drug-likeness (QED) is 0.820. The van der Waals surface area contributed by atoms with E-state index >= 15 is 0 Å². The lowest BCUT2D eigenvalue weighted by Gasteiger charge is -1.98. The molecule has 0 spiro atoms. The molecular formula is C11H14N2S. The third-order valence-corrected chi connectivity index (χ3v) is 3.29. The second-order valence-electron chi connectivity index (χ2n) is 3.21. The molecule has 2 aromatic rings. The van der Waals surface area contributed by atoms with Crippen LogP contribution in [0.2, 0.25) is 0 Å². The number of thiophene rings is 1. The Morgan fingerprint density at radius 3 is 2.79 bits per heavy atom. The van der Waals surface area contributed by atoms with E-state index in [4.69, 9.17) is 0 Å². The molecule has 0 aliphatic heterocycles. The van der Waals surface area contributed by atoms with Crippen molar-refractivity contribution in [2.75, 3.05) is 0 Å². The number of rotatable bonds is 3. The van der Waals surface area contributed by atoms with E-state index in [2.05, 4.69) is 41.6 Å². The first-order valence-corrected chi connectivity index (χ1v) is 5.84. The van der Waals surface area contributed by atoms with E-state index in [-0.39, 0.29) is 0 Å². The van der Waals surface area contributed by atoms with Crippen molar-refractivity contribution in [2.24, 2.45) is 0 Å². The van der Waals surface area contributed by atoms with Crippen LogP contribution >= 0.6 is 11.3 Å². The summed E-state index contributed by atoms with van der Waals surface area (Å²) in [4.78, 5) is 1.26. The molecule has 0 unspecified atom stereocenters. The first-order chi connectivity index (χ1) is 6.86. The molecule has 2 nitrogen and oxygen atoms in total. The molecular weight excluding hydrogens is 192 g/mol. The molecule has 74 valence electrons. The smallest absolute Gasteiger partial charge is 0.105 e. The highest BCUT2D eigenvalue weighted by molar-refractivity contribution is 7.13. The van der Waals surface area contributed by atoms with E-state index in [9.17, 15) is 0 Å². The largest absolute Gasteiger partial charge is 0.282 e. The van der Waals surface area contributed by atoms with Gasteiger partial charge in [0.2, 0.25) is 0 Å². The van der Waals surface area contributed by atoms with Crippen molar-refractivity contribution in [1.29, 1.82) is 0 Å². The highest BCUT2D eigenvalue weighted by atomic mass is 32.1. The number of hydrogen-bond donors (Lipinski definition) is 1. The van der Waals surface area contributed by atoms with Crippen LogP contribution in [0.15, 0.2) is 17.5 Å². The van der Waals surface area contributed by atoms with Gasteiger partial charge < -0.3 is 0 Å². The Bertz CT molecular complexity index is 401. The molecule has 0 fully saturated rings. The number of H-pyrrole nitrogens is 1. The third kappa shape index (κ3) is 1.48. The summed E-state index contributed by atoms with van der Waals surface area (Å²) in [5, 5.41) is 9.60. The molecule has 3 heteroatoms. The molecule has 0 bridgehead atoms. The maximum atomic E-state index is 4.39. The Morgan fingerprint density at radius 1 is 1.36 bits per heavy atom. The minimum absolute atomic E-state index is 1.03. The number of hydrogen-bond acceptors (Lipinski definition) is 2. The van der Waals surface area contributed by atoms with Crippen molar-refractivity contribution in [3.8, 4) is 10.6 Å². The van der Waals surface area contributed by atoms with Crippen LogP contribution in [0, 0.1) is 0 Å². The highest BCUT2D eigenvalue weighted by Gasteiger charge is 2.12. The van der Waals surface area contributed by atoms with Crippen LogP contribution in [0.4, 0.5) is 0 Å². The van der Waals surface area contributed by atoms with Gasteiger partial charge in [-0.1, -0.05) is 19.9 Å². The lowest BCUT2D eigenvalue weighted by molar-refractivity contribution is 0.957. The van der Waals surface area contributed by atoms with Crippen LogP contribution in [0.3, 0.4) is 0 Å². The Kier molecular flexibility index (Phi) is 2.68. The van der Waals surface area contributed by atoms with Gasteiger partial charge in [-0.25, -0.2) is 0 Å². The topological polar surface area (TPSA) is 28.7 Å². The van der Waals surface area contributed by atoms with Crippen LogP contribution in [-0.2, 0) is 12.8 Å². The SMILES string of the molecule is CCc1[nH]nc(-c2cccs2)c1CC. The molecule has 0 radical (unpaired) electrons. The molecule has 0 aliphatic carbocycles. The average molecular weight is 206 g/mol. The molecule has 0 aromatic carbocycles. The fourth-order valence-electron chi connectivity index (χ4n) is 1.69. The molecule has 2 rings (SSSR count). The number of aromatic nitrogens is 2. The van der Waals surface area contributed by atoms with Crippen molar-refractivity contribution in [1.82, 2.24) is 10.2 Å². The Labute approximate surface area is 88.0 Å². The summed E-state index contributed by atoms with van der Waals surface area (Å²) in [5.41, 5.74) is 3.78. The summed E-state index contributed by atoms with van der Waals surface area (Å²) >= 11 is 1.75. The number of aryl methyl sites for hydroxylation is 1. The second kappa shape index (κ2) is 3.96. The second-order valence-corrected chi connectivity index (χ2v) is 4.16. The lowest BCUT2D eigenvalue weighted by Crippen LogP contribution is -1.87. The highest BCUT2D eigenvalue weighted by Crippen LogP contribution is 2.28. The van der Waals surface area contributed by atoms with Gasteiger partial charge >= 0.3 is 0 Å². The van der Waals surface area contributed by atoms with Crippen LogP contribution < -0.4 is 0 Å². The summed E-state index contributed by atoms with van der Waals surface area (Å²) in [6.45, 7) is 4.34. The molecule has 0 amide bonds. The van der Waals surface area contributed by atoms with E-state index in [1.807, 2.05) is 0 Å². The zero-order valence-corrected chi connectivity index (χ0v) is 9.32. The predicted octanol–water partition coefficient (Wildman–Crippen LogP) is 3.26. The van der Waals surface area contributed by atoms with Crippen LogP contribution in [0.25, 0.3) is 10.6 Å². The zero-order valence-electron chi connectivity index (χ0n) is 8.50. The minimum Gasteiger partial charge on any atom is -0.282 e. The molecule has 1 N–H and O–H groups in total. The van der Waals surface area contributed by atoms with Gasteiger partial charge in [0, 0.05) is 11.3 Å².